The lowest BCUT2D eigenvalue weighted by molar-refractivity contribution is 0.887. The third-order valence-corrected chi connectivity index (χ3v) is 10.6. The van der Waals surface area contributed by atoms with Gasteiger partial charge in [0, 0.05) is 16.5 Å². The molecule has 0 saturated carbocycles. The molecule has 1 N–H and O–H groups in total. The van der Waals surface area contributed by atoms with Crippen molar-refractivity contribution >= 4 is 57.3 Å². The molecule has 8 rings (SSSR count). The summed E-state index contributed by atoms with van der Waals surface area (Å²) in [7, 11) is -1.13. The van der Waals surface area contributed by atoms with Crippen molar-refractivity contribution in [3.05, 3.63) is 156 Å². The van der Waals surface area contributed by atoms with Crippen LogP contribution in [0.2, 0.25) is 0 Å². The van der Waals surface area contributed by atoms with Gasteiger partial charge in [-0.25, -0.2) is 4.99 Å². The molecule has 5 aromatic rings. The van der Waals surface area contributed by atoms with Gasteiger partial charge in [0.25, 0.3) is 0 Å². The molecule has 39 heavy (non-hydrogen) atoms. The molecule has 1 unspecified atom stereocenters. The highest BCUT2D eigenvalue weighted by Gasteiger charge is 2.31. The van der Waals surface area contributed by atoms with Crippen LogP contribution >= 0.6 is 7.92 Å². The summed E-state index contributed by atoms with van der Waals surface area (Å²) in [4.78, 5) is 5.25. The first-order valence-corrected chi connectivity index (χ1v) is 14.9. The summed E-state index contributed by atoms with van der Waals surface area (Å²) in [5.41, 5.74) is 8.19. The van der Waals surface area contributed by atoms with Gasteiger partial charge in [0.2, 0.25) is 0 Å². The van der Waals surface area contributed by atoms with Crippen molar-refractivity contribution in [1.29, 1.82) is 0 Å². The number of hydrogen-bond donors (Lipinski definition) is 1. The highest BCUT2D eigenvalue weighted by atomic mass is 31.1. The molecule has 1 atom stereocenters. The van der Waals surface area contributed by atoms with Crippen LogP contribution in [-0.2, 0) is 0 Å². The van der Waals surface area contributed by atoms with Crippen molar-refractivity contribution in [3.8, 4) is 0 Å². The normalized spacial score (nSPS) is 17.0. The predicted octanol–water partition coefficient (Wildman–Crippen LogP) is 6.54. The Morgan fingerprint density at radius 1 is 0.641 bits per heavy atom. The van der Waals surface area contributed by atoms with Gasteiger partial charge in [0.15, 0.2) is 0 Å². The van der Waals surface area contributed by atoms with Crippen LogP contribution in [0.25, 0.3) is 27.7 Å². The van der Waals surface area contributed by atoms with Gasteiger partial charge in [-0.2, -0.15) is 0 Å². The minimum Gasteiger partial charge on any atom is -0.371 e. The smallest absolute Gasteiger partial charge is 0.103 e. The van der Waals surface area contributed by atoms with E-state index in [4.69, 9.17) is 4.99 Å². The van der Waals surface area contributed by atoms with E-state index in [1.165, 1.54) is 48.9 Å². The molecule has 2 aliphatic carbocycles. The molecule has 0 bridgehead atoms. The maximum absolute atomic E-state index is 5.25. The molecule has 2 nitrogen and oxygen atoms in total. The van der Waals surface area contributed by atoms with E-state index in [0.717, 1.165) is 17.1 Å². The van der Waals surface area contributed by atoms with Crippen LogP contribution in [0, 0.1) is 0 Å². The Kier molecular flexibility index (Phi) is 5.21. The molecular weight excluding hydrogens is 491 g/mol. The van der Waals surface area contributed by atoms with Crippen molar-refractivity contribution in [2.75, 3.05) is 0 Å². The van der Waals surface area contributed by atoms with Crippen LogP contribution in [0.5, 0.6) is 0 Å². The number of nitrogens with one attached hydrogen (secondary N) is 1. The second kappa shape index (κ2) is 9.05. The number of rotatable bonds is 4. The summed E-state index contributed by atoms with van der Waals surface area (Å²) in [6.45, 7) is 0. The molecule has 0 aromatic heterocycles. The van der Waals surface area contributed by atoms with Crippen LogP contribution < -0.4 is 21.2 Å². The molecule has 184 valence electrons. The summed E-state index contributed by atoms with van der Waals surface area (Å²) in [5.74, 6) is 0. The van der Waals surface area contributed by atoms with Crippen molar-refractivity contribution in [3.63, 3.8) is 0 Å². The van der Waals surface area contributed by atoms with Crippen LogP contribution in [0.3, 0.4) is 0 Å². The topological polar surface area (TPSA) is 24.4 Å². The molecule has 0 radical (unpaired) electrons. The van der Waals surface area contributed by atoms with E-state index in [0.29, 0.717) is 0 Å². The van der Waals surface area contributed by atoms with E-state index >= 15 is 0 Å². The van der Waals surface area contributed by atoms with E-state index < -0.39 is 7.92 Å². The summed E-state index contributed by atoms with van der Waals surface area (Å²) >= 11 is 0. The fraction of sp³-hybridized carbons (Fsp3) is 0.0278. The first kappa shape index (κ1) is 22.5. The highest BCUT2D eigenvalue weighted by molar-refractivity contribution is 7.79. The third kappa shape index (κ3) is 3.72. The Bertz CT molecular complexity index is 1840. The van der Waals surface area contributed by atoms with E-state index in [9.17, 15) is 0 Å². The molecule has 1 heterocycles. The second-order valence-corrected chi connectivity index (χ2v) is 12.7. The Labute approximate surface area is 229 Å². The van der Waals surface area contributed by atoms with E-state index in [1.54, 1.807) is 0 Å². The van der Waals surface area contributed by atoms with Crippen LogP contribution in [0.4, 0.5) is 0 Å². The monoisotopic (exact) mass is 517 g/mol. The van der Waals surface area contributed by atoms with E-state index in [2.05, 4.69) is 145 Å². The molecule has 3 heteroatoms. The number of benzene rings is 5. The SMILES string of the molecule is C1=CC2NC3=C(N=C2C=C1c1cccc([PH+](c2ccccc2)c2ccccc2)c1)c1cccc2cccc3c12. The zero-order valence-corrected chi connectivity index (χ0v) is 22.3. The molecule has 5 aromatic carbocycles. The molecule has 3 aliphatic rings. The van der Waals surface area contributed by atoms with Crippen LogP contribution in [0.1, 0.15) is 16.7 Å². The van der Waals surface area contributed by atoms with Gasteiger partial charge in [-0.05, 0) is 59.0 Å². The largest absolute Gasteiger partial charge is 0.371 e. The van der Waals surface area contributed by atoms with Crippen LogP contribution in [0.15, 0.2) is 145 Å². The van der Waals surface area contributed by atoms with Gasteiger partial charge in [0.1, 0.15) is 15.9 Å². The van der Waals surface area contributed by atoms with Crippen LogP contribution in [-0.4, -0.2) is 11.8 Å². The van der Waals surface area contributed by atoms with Gasteiger partial charge in [-0.1, -0.05) is 97.1 Å². The zero-order valence-electron chi connectivity index (χ0n) is 21.3. The van der Waals surface area contributed by atoms with Crippen molar-refractivity contribution in [2.45, 2.75) is 6.04 Å². The lowest BCUT2D eigenvalue weighted by Gasteiger charge is -2.26. The number of allylic oxidation sites excluding steroid dienone is 2. The fourth-order valence-electron chi connectivity index (χ4n) is 6.12. The van der Waals surface area contributed by atoms with Crippen molar-refractivity contribution < 1.29 is 0 Å². The zero-order chi connectivity index (χ0) is 25.8. The third-order valence-electron chi connectivity index (χ3n) is 7.91. The Hall–Kier alpha value is -4.52. The van der Waals surface area contributed by atoms with Gasteiger partial charge >= 0.3 is 0 Å². The Morgan fingerprint density at radius 2 is 1.31 bits per heavy atom. The first-order chi connectivity index (χ1) is 19.3. The second-order valence-electron chi connectivity index (χ2n) is 10.2. The average Bonchev–Trinajstić information content (AvgIpc) is 3.31. The minimum atomic E-state index is -1.13. The standard InChI is InChI=1S/C36H25N2P/c1-3-13-27(14-4-1)39(28-15-5-2-6-16-28)29-17-7-12-25(22-29)26-20-21-32-33(23-26)38-36-31-19-9-11-24-10-8-18-30(34(24)31)35(36)37-32/h1-23,32,37H/p+1. The Balaban J connectivity index is 1.20. The molecule has 1 aliphatic heterocycles. The summed E-state index contributed by atoms with van der Waals surface area (Å²) < 4.78 is 0. The summed E-state index contributed by atoms with van der Waals surface area (Å²) in [6, 6.07) is 44.1. The number of fused-ring (bicyclic) bond motifs is 3. The number of aliphatic imine (C=N–C) groups is 1. The molecule has 0 saturated heterocycles. The van der Waals surface area contributed by atoms with Gasteiger partial charge in [0.05, 0.1) is 31.1 Å². The van der Waals surface area contributed by atoms with Gasteiger partial charge < -0.3 is 5.32 Å². The van der Waals surface area contributed by atoms with E-state index in [-0.39, 0.29) is 6.04 Å². The number of hydrogen-bond acceptors (Lipinski definition) is 2. The lowest BCUT2D eigenvalue weighted by atomic mass is 9.94. The molecule has 0 fully saturated rings. The molecule has 0 amide bonds. The molecular formula is C36H26N2P+. The summed E-state index contributed by atoms with van der Waals surface area (Å²) in [5, 5.41) is 10.5. The maximum Gasteiger partial charge on any atom is 0.103 e. The van der Waals surface area contributed by atoms with Crippen molar-refractivity contribution in [1.82, 2.24) is 5.32 Å². The average molecular weight is 518 g/mol. The number of nitrogens with zero attached hydrogens (tertiary/aromatic N) is 1. The van der Waals surface area contributed by atoms with E-state index in [1.807, 2.05) is 0 Å². The maximum atomic E-state index is 5.25. The van der Waals surface area contributed by atoms with Gasteiger partial charge in [-0.3, -0.25) is 0 Å². The molecule has 0 spiro atoms. The van der Waals surface area contributed by atoms with Crippen molar-refractivity contribution in [2.24, 2.45) is 4.99 Å². The minimum absolute atomic E-state index is 0.0773. The quantitative estimate of drug-likeness (QED) is 0.269. The lowest BCUT2D eigenvalue weighted by Crippen LogP contribution is -2.37. The fourth-order valence-corrected chi connectivity index (χ4v) is 8.73. The Morgan fingerprint density at radius 3 is 2.05 bits per heavy atom. The predicted molar refractivity (Wildman–Crippen MR) is 169 cm³/mol. The summed E-state index contributed by atoms with van der Waals surface area (Å²) in [6.07, 6.45) is 6.77. The first-order valence-electron chi connectivity index (χ1n) is 13.4. The van der Waals surface area contributed by atoms with Gasteiger partial charge in [-0.15, -0.1) is 0 Å². The highest BCUT2D eigenvalue weighted by Crippen LogP contribution is 2.44.